The fraction of sp³-hybridized carbons (Fsp3) is 0.228. The van der Waals surface area contributed by atoms with Crippen LogP contribution in [-0.2, 0) is 10.8 Å². The number of unbranched alkanes of at least 4 members (excludes halogenated alkanes) is 1. The Morgan fingerprint density at radius 2 is 0.776 bits per heavy atom. The van der Waals surface area contributed by atoms with Crippen molar-refractivity contribution in [1.82, 2.24) is 0 Å². The van der Waals surface area contributed by atoms with E-state index in [2.05, 4.69) is 175 Å². The molecule has 0 bridgehead atoms. The summed E-state index contributed by atoms with van der Waals surface area (Å²) in [4.78, 5) is 0. The van der Waals surface area contributed by atoms with Crippen LogP contribution in [0.1, 0.15) is 89.0 Å². The fourth-order valence-electron chi connectivity index (χ4n) is 10.5. The van der Waals surface area contributed by atoms with E-state index < -0.39 is 0 Å². The molecule has 0 fully saturated rings. The third-order valence-corrected chi connectivity index (χ3v) is 13.6. The molecular formula is C57H50O. The summed E-state index contributed by atoms with van der Waals surface area (Å²) in [5.74, 6) is 0.266. The zero-order chi connectivity index (χ0) is 39.7. The van der Waals surface area contributed by atoms with Crippen LogP contribution in [0.4, 0.5) is 0 Å². The maximum atomic E-state index is 9.86. The van der Waals surface area contributed by atoms with Gasteiger partial charge in [0.15, 0.2) is 0 Å². The Morgan fingerprint density at radius 1 is 0.397 bits per heavy atom. The number of aliphatic hydroxyl groups is 1. The van der Waals surface area contributed by atoms with Crippen molar-refractivity contribution in [2.75, 3.05) is 6.61 Å². The number of aliphatic hydroxyl groups excluding tert-OH is 1. The van der Waals surface area contributed by atoms with Crippen molar-refractivity contribution in [3.63, 3.8) is 0 Å². The van der Waals surface area contributed by atoms with Crippen molar-refractivity contribution in [2.45, 2.75) is 77.6 Å². The Hall–Kier alpha value is -5.76. The summed E-state index contributed by atoms with van der Waals surface area (Å²) in [6.07, 6.45) is 2.81. The maximum Gasteiger partial charge on any atom is 0.0431 e. The standard InChI is InChI=1S/C57H50O/c1-56(2,3)41-27-37-12-10-33-14-20-43(48-24-18-39(29-41)52(37)54(33)48)35-16-22-46-47-23-17-36(32-51(47)45(50(46)31-35)9-7-8-26-58)44-21-15-34-11-13-38-28-42(57(4,5)6)30-40-19-25-49(44)55(34)53(38)40/h10-25,27-32,45,58H,7-9,26H2,1-6H3. The van der Waals surface area contributed by atoms with Crippen LogP contribution in [0.3, 0.4) is 0 Å². The predicted octanol–water partition coefficient (Wildman–Crippen LogP) is 15.7. The van der Waals surface area contributed by atoms with Crippen molar-refractivity contribution in [3.05, 3.63) is 156 Å². The third kappa shape index (κ3) is 5.33. The van der Waals surface area contributed by atoms with Crippen molar-refractivity contribution >= 4 is 64.6 Å². The molecule has 58 heavy (non-hydrogen) atoms. The minimum Gasteiger partial charge on any atom is -0.396 e. The number of rotatable bonds is 6. The van der Waals surface area contributed by atoms with Crippen molar-refractivity contribution < 1.29 is 5.11 Å². The Labute approximate surface area is 341 Å². The van der Waals surface area contributed by atoms with Gasteiger partial charge in [0.05, 0.1) is 0 Å². The SMILES string of the molecule is CC(C)(C)c1cc2ccc3ccc(-c4ccc5c(c4)C(CCCCO)c4cc(-c6ccc7ccc8cc(C(C)(C)C)cc9ccc6c7c89)ccc4-5)c4ccc(c1)c2c34. The highest BCUT2D eigenvalue weighted by Gasteiger charge is 2.30. The van der Waals surface area contributed by atoms with E-state index in [1.54, 1.807) is 0 Å². The number of fused-ring (bicyclic) bond motifs is 3. The molecule has 10 aromatic rings. The van der Waals surface area contributed by atoms with Crippen molar-refractivity contribution in [3.8, 4) is 33.4 Å². The topological polar surface area (TPSA) is 20.2 Å². The van der Waals surface area contributed by atoms with Crippen LogP contribution in [-0.4, -0.2) is 11.7 Å². The largest absolute Gasteiger partial charge is 0.396 e. The molecule has 0 saturated carbocycles. The summed E-state index contributed by atoms with van der Waals surface area (Å²) in [5, 5.41) is 25.8. The summed E-state index contributed by atoms with van der Waals surface area (Å²) in [7, 11) is 0. The van der Waals surface area contributed by atoms with Crippen LogP contribution in [0.5, 0.6) is 0 Å². The molecule has 1 nitrogen and oxygen atoms in total. The Morgan fingerprint density at radius 3 is 1.19 bits per heavy atom. The van der Waals surface area contributed by atoms with Gasteiger partial charge in [-0.3, -0.25) is 0 Å². The molecule has 284 valence electrons. The van der Waals surface area contributed by atoms with E-state index in [4.69, 9.17) is 0 Å². The van der Waals surface area contributed by atoms with Crippen LogP contribution in [0.25, 0.3) is 98.0 Å². The zero-order valence-corrected chi connectivity index (χ0v) is 34.6. The van der Waals surface area contributed by atoms with Crippen molar-refractivity contribution in [2.24, 2.45) is 0 Å². The quantitative estimate of drug-likeness (QED) is 0.133. The molecule has 1 aliphatic rings. The average Bonchev–Trinajstić information content (AvgIpc) is 3.52. The summed E-state index contributed by atoms with van der Waals surface area (Å²) in [6.45, 7) is 14.0. The lowest BCUT2D eigenvalue weighted by molar-refractivity contribution is 0.282. The second-order valence-electron chi connectivity index (χ2n) is 19.3. The van der Waals surface area contributed by atoms with Gasteiger partial charge < -0.3 is 5.11 Å². The Kier molecular flexibility index (Phi) is 7.70. The Balaban J connectivity index is 1.04. The molecule has 0 amide bonds. The van der Waals surface area contributed by atoms with Gasteiger partial charge in [0, 0.05) is 12.5 Å². The molecule has 1 heteroatoms. The summed E-state index contributed by atoms with van der Waals surface area (Å²) < 4.78 is 0. The van der Waals surface area contributed by atoms with Gasteiger partial charge in [0.25, 0.3) is 0 Å². The Bertz CT molecular complexity index is 3000. The first-order chi connectivity index (χ1) is 28.0. The fourth-order valence-corrected chi connectivity index (χ4v) is 10.5. The van der Waals surface area contributed by atoms with Gasteiger partial charge in [-0.25, -0.2) is 0 Å². The molecule has 10 aromatic carbocycles. The van der Waals surface area contributed by atoms with Gasteiger partial charge in [-0.1, -0.05) is 169 Å². The lowest BCUT2D eigenvalue weighted by Gasteiger charge is -2.22. The minimum atomic E-state index is 0.0881. The van der Waals surface area contributed by atoms with Crippen molar-refractivity contribution in [1.29, 1.82) is 0 Å². The summed E-state index contributed by atoms with van der Waals surface area (Å²) in [5.41, 5.74) is 13.6. The van der Waals surface area contributed by atoms with Crippen LogP contribution < -0.4 is 0 Å². The first-order valence-corrected chi connectivity index (χ1v) is 21.3. The first kappa shape index (κ1) is 35.4. The number of benzene rings is 10. The second-order valence-corrected chi connectivity index (χ2v) is 19.3. The lowest BCUT2D eigenvalue weighted by Crippen LogP contribution is -2.10. The van der Waals surface area contributed by atoms with E-state index in [9.17, 15) is 5.11 Å². The van der Waals surface area contributed by atoms with E-state index in [1.807, 2.05) is 0 Å². The average molecular weight is 751 g/mol. The highest BCUT2D eigenvalue weighted by molar-refractivity contribution is 6.27. The van der Waals surface area contributed by atoms with Crippen LogP contribution in [0, 0.1) is 0 Å². The number of hydrogen-bond acceptors (Lipinski definition) is 1. The predicted molar refractivity (Wildman–Crippen MR) is 250 cm³/mol. The molecule has 0 spiro atoms. The molecule has 0 heterocycles. The highest BCUT2D eigenvalue weighted by Crippen LogP contribution is 2.51. The van der Waals surface area contributed by atoms with Gasteiger partial charge in [0.1, 0.15) is 0 Å². The van der Waals surface area contributed by atoms with Gasteiger partial charge in [0.2, 0.25) is 0 Å². The molecule has 0 unspecified atom stereocenters. The van der Waals surface area contributed by atoms with Crippen LogP contribution in [0.2, 0.25) is 0 Å². The van der Waals surface area contributed by atoms with Gasteiger partial charge in [-0.2, -0.15) is 0 Å². The lowest BCUT2D eigenvalue weighted by atomic mass is 9.82. The van der Waals surface area contributed by atoms with Gasteiger partial charge >= 0.3 is 0 Å². The van der Waals surface area contributed by atoms with Gasteiger partial charge in [-0.05, 0) is 156 Å². The third-order valence-electron chi connectivity index (χ3n) is 13.6. The van der Waals surface area contributed by atoms with Crippen LogP contribution in [0.15, 0.2) is 133 Å². The monoisotopic (exact) mass is 750 g/mol. The van der Waals surface area contributed by atoms with Gasteiger partial charge in [-0.15, -0.1) is 0 Å². The summed E-state index contributed by atoms with van der Waals surface area (Å²) in [6, 6.07) is 52.0. The van der Waals surface area contributed by atoms with E-state index in [1.165, 1.54) is 120 Å². The molecule has 0 aliphatic heterocycles. The molecule has 0 radical (unpaired) electrons. The molecule has 1 aliphatic carbocycles. The first-order valence-electron chi connectivity index (χ1n) is 21.3. The molecule has 0 saturated heterocycles. The second kappa shape index (κ2) is 12.6. The number of hydrogen-bond donors (Lipinski definition) is 1. The molecule has 0 aromatic heterocycles. The van der Waals surface area contributed by atoms with E-state index in [0.717, 1.165) is 19.3 Å². The zero-order valence-electron chi connectivity index (χ0n) is 34.6. The highest BCUT2D eigenvalue weighted by atomic mass is 16.2. The molecular weight excluding hydrogens is 701 g/mol. The minimum absolute atomic E-state index is 0.0881. The maximum absolute atomic E-state index is 9.86. The normalized spacial score (nSPS) is 13.6. The van der Waals surface area contributed by atoms with E-state index in [-0.39, 0.29) is 23.4 Å². The molecule has 11 rings (SSSR count). The molecule has 1 N–H and O–H groups in total. The van der Waals surface area contributed by atoms with E-state index >= 15 is 0 Å². The smallest absolute Gasteiger partial charge is 0.0431 e. The summed E-state index contributed by atoms with van der Waals surface area (Å²) >= 11 is 0. The molecule has 0 atom stereocenters. The van der Waals surface area contributed by atoms with E-state index in [0.29, 0.717) is 0 Å². The van der Waals surface area contributed by atoms with Crippen LogP contribution >= 0.6 is 0 Å².